The molecule has 1 N–H and O–H groups in total. The highest BCUT2D eigenvalue weighted by Crippen LogP contribution is 2.26. The third-order valence-corrected chi connectivity index (χ3v) is 4.37. The lowest BCUT2D eigenvalue weighted by molar-refractivity contribution is -0.384. The fourth-order valence-corrected chi connectivity index (χ4v) is 2.84. The van der Waals surface area contributed by atoms with Gasteiger partial charge in [-0.05, 0) is 42.0 Å². The maximum absolute atomic E-state index is 12.3. The molecule has 1 aliphatic heterocycles. The normalized spacial score (nSPS) is 16.4. The van der Waals surface area contributed by atoms with E-state index in [-0.39, 0.29) is 30.5 Å². The number of nitrogens with one attached hydrogen (secondary N) is 1. The number of nitro groups is 1. The van der Waals surface area contributed by atoms with E-state index in [1.165, 1.54) is 30.5 Å². The van der Waals surface area contributed by atoms with Crippen molar-refractivity contribution in [2.24, 2.45) is 11.0 Å². The Bertz CT molecular complexity index is 909. The summed E-state index contributed by atoms with van der Waals surface area (Å²) in [7, 11) is 1.56. The van der Waals surface area contributed by atoms with Gasteiger partial charge in [-0.25, -0.2) is 5.43 Å². The number of carbonyl (C=O) groups is 2. The minimum atomic E-state index is -0.511. The van der Waals surface area contributed by atoms with Gasteiger partial charge in [0.2, 0.25) is 11.8 Å². The lowest BCUT2D eigenvalue weighted by Crippen LogP contribution is -2.30. The second-order valence-electron chi connectivity index (χ2n) is 6.19. The highest BCUT2D eigenvalue weighted by Gasteiger charge is 2.35. The second-order valence-corrected chi connectivity index (χ2v) is 6.19. The van der Waals surface area contributed by atoms with Crippen LogP contribution in [0.1, 0.15) is 12.0 Å². The topological polar surface area (TPSA) is 114 Å². The van der Waals surface area contributed by atoms with E-state index in [2.05, 4.69) is 10.5 Å². The first-order valence-corrected chi connectivity index (χ1v) is 8.49. The monoisotopic (exact) mass is 382 g/mol. The van der Waals surface area contributed by atoms with E-state index in [1.54, 1.807) is 36.3 Å². The van der Waals surface area contributed by atoms with Crippen LogP contribution >= 0.6 is 0 Å². The van der Waals surface area contributed by atoms with Gasteiger partial charge in [-0.15, -0.1) is 0 Å². The number of hydrogen-bond donors (Lipinski definition) is 1. The van der Waals surface area contributed by atoms with Gasteiger partial charge in [0.1, 0.15) is 5.75 Å². The highest BCUT2D eigenvalue weighted by molar-refractivity contribution is 6.00. The molecule has 9 heteroatoms. The first-order chi connectivity index (χ1) is 13.5. The van der Waals surface area contributed by atoms with Crippen molar-refractivity contribution >= 4 is 29.4 Å². The zero-order valence-electron chi connectivity index (χ0n) is 15.1. The second kappa shape index (κ2) is 8.30. The summed E-state index contributed by atoms with van der Waals surface area (Å²) in [5, 5.41) is 14.5. The van der Waals surface area contributed by atoms with Gasteiger partial charge in [0.25, 0.3) is 5.69 Å². The van der Waals surface area contributed by atoms with Gasteiger partial charge in [0.15, 0.2) is 0 Å². The molecule has 0 spiro atoms. The number of amides is 2. The fraction of sp³-hybridized carbons (Fsp3) is 0.211. The molecule has 2 aromatic carbocycles. The Balaban J connectivity index is 1.57. The third-order valence-electron chi connectivity index (χ3n) is 4.37. The van der Waals surface area contributed by atoms with Crippen LogP contribution in [0.4, 0.5) is 11.4 Å². The number of non-ortho nitro benzene ring substituents is 1. The lowest BCUT2D eigenvalue weighted by Gasteiger charge is -2.16. The molecular formula is C19H18N4O5. The third kappa shape index (κ3) is 4.32. The van der Waals surface area contributed by atoms with Gasteiger partial charge in [-0.3, -0.25) is 19.7 Å². The molecule has 144 valence electrons. The maximum atomic E-state index is 12.3. The Labute approximate surface area is 160 Å². The number of rotatable bonds is 6. The van der Waals surface area contributed by atoms with E-state index in [0.29, 0.717) is 17.0 Å². The number of hydrogen-bond acceptors (Lipinski definition) is 6. The molecule has 0 bridgehead atoms. The Kier molecular flexibility index (Phi) is 5.64. The standard InChI is InChI=1S/C19H18N4O5/c1-28-17-8-6-15(7-9-17)22-12-14(10-18(22)24)19(25)21-20-11-13-2-4-16(5-3-13)23(26)27/h2-9,11,14H,10,12H2,1H3,(H,21,25)/b20-11-/t14-/m0/s1. The fourth-order valence-electron chi connectivity index (χ4n) is 2.84. The largest absolute Gasteiger partial charge is 0.497 e. The lowest BCUT2D eigenvalue weighted by atomic mass is 10.1. The van der Waals surface area contributed by atoms with Crippen LogP contribution in [0.5, 0.6) is 5.75 Å². The Morgan fingerprint density at radius 3 is 2.54 bits per heavy atom. The van der Waals surface area contributed by atoms with Gasteiger partial charge in [-0.1, -0.05) is 0 Å². The predicted molar refractivity (Wildman–Crippen MR) is 102 cm³/mol. The van der Waals surface area contributed by atoms with Crippen LogP contribution in [0, 0.1) is 16.0 Å². The predicted octanol–water partition coefficient (Wildman–Crippen LogP) is 2.11. The van der Waals surface area contributed by atoms with Gasteiger partial charge in [0, 0.05) is 30.8 Å². The Hall–Kier alpha value is -3.75. The number of benzene rings is 2. The van der Waals surface area contributed by atoms with Gasteiger partial charge >= 0.3 is 0 Å². The van der Waals surface area contributed by atoms with Crippen LogP contribution in [0.2, 0.25) is 0 Å². The van der Waals surface area contributed by atoms with Crippen LogP contribution in [-0.2, 0) is 9.59 Å². The molecule has 1 heterocycles. The molecule has 0 aliphatic carbocycles. The van der Waals surface area contributed by atoms with Crippen molar-refractivity contribution in [3.05, 3.63) is 64.2 Å². The van der Waals surface area contributed by atoms with E-state index in [1.807, 2.05) is 0 Å². The van der Waals surface area contributed by atoms with E-state index in [0.717, 1.165) is 0 Å². The summed E-state index contributed by atoms with van der Waals surface area (Å²) in [6, 6.07) is 12.8. The summed E-state index contributed by atoms with van der Waals surface area (Å²) >= 11 is 0. The summed E-state index contributed by atoms with van der Waals surface area (Å²) in [6.45, 7) is 0.268. The first-order valence-electron chi connectivity index (χ1n) is 8.49. The molecule has 2 amide bonds. The van der Waals surface area contributed by atoms with E-state index in [4.69, 9.17) is 4.74 Å². The van der Waals surface area contributed by atoms with Crippen LogP contribution < -0.4 is 15.1 Å². The summed E-state index contributed by atoms with van der Waals surface area (Å²) in [5.41, 5.74) is 3.70. The van der Waals surface area contributed by atoms with Crippen LogP contribution in [0.25, 0.3) is 0 Å². The van der Waals surface area contributed by atoms with Crippen molar-refractivity contribution in [3.8, 4) is 5.75 Å². The number of carbonyl (C=O) groups excluding carboxylic acids is 2. The molecule has 1 saturated heterocycles. The highest BCUT2D eigenvalue weighted by atomic mass is 16.6. The molecule has 0 unspecified atom stereocenters. The van der Waals surface area contributed by atoms with Gasteiger partial charge in [-0.2, -0.15) is 5.10 Å². The number of nitro benzene ring substituents is 1. The Morgan fingerprint density at radius 1 is 1.25 bits per heavy atom. The molecule has 9 nitrogen and oxygen atoms in total. The van der Waals surface area contributed by atoms with Crippen molar-refractivity contribution < 1.29 is 19.2 Å². The van der Waals surface area contributed by atoms with E-state index < -0.39 is 10.8 Å². The first kappa shape index (κ1) is 19.0. The molecule has 1 aliphatic rings. The average molecular weight is 382 g/mol. The van der Waals surface area contributed by atoms with Crippen molar-refractivity contribution in [2.45, 2.75) is 6.42 Å². The molecule has 2 aromatic rings. The maximum Gasteiger partial charge on any atom is 0.269 e. The van der Waals surface area contributed by atoms with Crippen LogP contribution in [0.15, 0.2) is 53.6 Å². The minimum absolute atomic E-state index is 0.0238. The van der Waals surface area contributed by atoms with E-state index in [9.17, 15) is 19.7 Å². The van der Waals surface area contributed by atoms with Crippen molar-refractivity contribution in [3.63, 3.8) is 0 Å². The minimum Gasteiger partial charge on any atom is -0.497 e. The number of nitrogens with zero attached hydrogens (tertiary/aromatic N) is 3. The zero-order chi connectivity index (χ0) is 20.1. The summed E-state index contributed by atoms with van der Waals surface area (Å²) < 4.78 is 5.10. The number of anilines is 1. The molecule has 28 heavy (non-hydrogen) atoms. The van der Waals surface area contributed by atoms with E-state index >= 15 is 0 Å². The summed E-state index contributed by atoms with van der Waals surface area (Å²) in [5.74, 6) is -0.318. The van der Waals surface area contributed by atoms with Crippen LogP contribution in [0.3, 0.4) is 0 Å². The average Bonchev–Trinajstić information content (AvgIpc) is 3.10. The zero-order valence-corrected chi connectivity index (χ0v) is 15.1. The molecule has 3 rings (SSSR count). The van der Waals surface area contributed by atoms with Crippen LogP contribution in [-0.4, -0.2) is 36.6 Å². The van der Waals surface area contributed by atoms with Crippen molar-refractivity contribution in [1.29, 1.82) is 0 Å². The molecule has 0 saturated carbocycles. The molecule has 1 atom stereocenters. The molecular weight excluding hydrogens is 364 g/mol. The summed E-state index contributed by atoms with van der Waals surface area (Å²) in [6.07, 6.45) is 1.49. The summed E-state index contributed by atoms with van der Waals surface area (Å²) in [4.78, 5) is 36.2. The smallest absolute Gasteiger partial charge is 0.269 e. The quantitative estimate of drug-likeness (QED) is 0.467. The molecule has 1 fully saturated rings. The molecule has 0 radical (unpaired) electrons. The SMILES string of the molecule is COc1ccc(N2C[C@@H](C(=O)N/N=C\c3ccc([N+](=O)[O-])cc3)CC2=O)cc1. The van der Waals surface area contributed by atoms with Gasteiger partial charge < -0.3 is 9.64 Å². The van der Waals surface area contributed by atoms with Gasteiger partial charge in [0.05, 0.1) is 24.2 Å². The Morgan fingerprint density at radius 2 is 1.93 bits per heavy atom. The number of methoxy groups -OCH3 is 1. The number of ether oxygens (including phenoxy) is 1. The molecule has 0 aromatic heterocycles. The number of hydrazone groups is 1. The van der Waals surface area contributed by atoms with Crippen molar-refractivity contribution in [2.75, 3.05) is 18.6 Å². The van der Waals surface area contributed by atoms with Crippen molar-refractivity contribution in [1.82, 2.24) is 5.43 Å².